The first kappa shape index (κ1) is 10.4. The summed E-state index contributed by atoms with van der Waals surface area (Å²) in [6, 6.07) is 0. The second kappa shape index (κ2) is 4.61. The molecular formula is C10H16N4S. The zero-order valence-electron chi connectivity index (χ0n) is 9.08. The minimum atomic E-state index is 0.749. The molecule has 0 aromatic carbocycles. The van der Waals surface area contributed by atoms with Gasteiger partial charge in [0.25, 0.3) is 0 Å². The van der Waals surface area contributed by atoms with Crippen molar-refractivity contribution in [1.82, 2.24) is 15.6 Å². The van der Waals surface area contributed by atoms with Crippen LogP contribution in [-0.2, 0) is 6.54 Å². The summed E-state index contributed by atoms with van der Waals surface area (Å²) in [6.45, 7) is 0.755. The fourth-order valence-electron chi connectivity index (χ4n) is 1.41. The number of thiazole rings is 1. The predicted molar refractivity (Wildman–Crippen MR) is 63.3 cm³/mol. The van der Waals surface area contributed by atoms with Crippen molar-refractivity contribution in [3.8, 4) is 0 Å². The minimum absolute atomic E-state index is 0.749. The second-order valence-corrected chi connectivity index (χ2v) is 4.56. The first-order valence-electron chi connectivity index (χ1n) is 5.16. The van der Waals surface area contributed by atoms with Gasteiger partial charge < -0.3 is 10.6 Å². The number of rotatable bonds is 3. The third kappa shape index (κ3) is 2.68. The summed E-state index contributed by atoms with van der Waals surface area (Å²) in [7, 11) is 3.61. The molecule has 1 aliphatic carbocycles. The van der Waals surface area contributed by atoms with Crippen molar-refractivity contribution in [2.24, 2.45) is 4.99 Å². The Bertz CT molecular complexity index is 354. The molecule has 0 spiro atoms. The molecule has 15 heavy (non-hydrogen) atoms. The maximum atomic E-state index is 4.59. The van der Waals surface area contributed by atoms with Crippen LogP contribution >= 0.6 is 11.3 Å². The fourth-order valence-corrected chi connectivity index (χ4v) is 2.23. The molecule has 0 radical (unpaired) electrons. The number of nitrogens with one attached hydrogen (secondary N) is 2. The Balaban J connectivity index is 1.87. The van der Waals surface area contributed by atoms with Gasteiger partial charge >= 0.3 is 0 Å². The van der Waals surface area contributed by atoms with Gasteiger partial charge in [-0.05, 0) is 12.8 Å². The van der Waals surface area contributed by atoms with Crippen molar-refractivity contribution in [2.75, 3.05) is 14.1 Å². The molecule has 2 rings (SSSR count). The molecule has 0 bridgehead atoms. The molecule has 5 heteroatoms. The lowest BCUT2D eigenvalue weighted by atomic mass is 10.3. The fraction of sp³-hybridized carbons (Fsp3) is 0.600. The van der Waals surface area contributed by atoms with Crippen molar-refractivity contribution in [1.29, 1.82) is 0 Å². The second-order valence-electron chi connectivity index (χ2n) is 3.62. The van der Waals surface area contributed by atoms with Gasteiger partial charge in [-0.3, -0.25) is 4.99 Å². The normalized spacial score (nSPS) is 16.5. The van der Waals surface area contributed by atoms with E-state index in [9.17, 15) is 0 Å². The van der Waals surface area contributed by atoms with E-state index in [-0.39, 0.29) is 0 Å². The molecule has 0 saturated heterocycles. The van der Waals surface area contributed by atoms with Crippen molar-refractivity contribution < 1.29 is 0 Å². The molecule has 1 heterocycles. The van der Waals surface area contributed by atoms with Crippen LogP contribution in [0.2, 0.25) is 0 Å². The molecule has 0 aliphatic heterocycles. The van der Waals surface area contributed by atoms with Crippen LogP contribution in [0, 0.1) is 0 Å². The van der Waals surface area contributed by atoms with E-state index in [1.54, 1.807) is 18.4 Å². The van der Waals surface area contributed by atoms with Crippen LogP contribution in [0.5, 0.6) is 0 Å². The molecule has 1 saturated carbocycles. The van der Waals surface area contributed by atoms with E-state index in [0.29, 0.717) is 0 Å². The van der Waals surface area contributed by atoms with E-state index >= 15 is 0 Å². The van der Waals surface area contributed by atoms with Gasteiger partial charge in [-0.25, -0.2) is 4.98 Å². The van der Waals surface area contributed by atoms with Crippen molar-refractivity contribution in [3.63, 3.8) is 0 Å². The van der Waals surface area contributed by atoms with Crippen LogP contribution in [0.1, 0.15) is 29.5 Å². The average Bonchev–Trinajstić information content (AvgIpc) is 3.01. The highest BCUT2D eigenvalue weighted by atomic mass is 32.1. The maximum Gasteiger partial charge on any atom is 0.191 e. The molecule has 82 valence electrons. The molecule has 0 atom stereocenters. The minimum Gasteiger partial charge on any atom is -0.359 e. The van der Waals surface area contributed by atoms with E-state index in [4.69, 9.17) is 0 Å². The number of hydrogen-bond acceptors (Lipinski definition) is 3. The summed E-state index contributed by atoms with van der Waals surface area (Å²) in [5.41, 5.74) is 1.27. The van der Waals surface area contributed by atoms with E-state index in [1.165, 1.54) is 18.5 Å². The maximum absolute atomic E-state index is 4.59. The average molecular weight is 224 g/mol. The van der Waals surface area contributed by atoms with Crippen LogP contribution in [0.25, 0.3) is 0 Å². The Morgan fingerprint density at radius 2 is 2.47 bits per heavy atom. The van der Waals surface area contributed by atoms with Gasteiger partial charge in [0.1, 0.15) is 5.01 Å². The van der Waals surface area contributed by atoms with E-state index in [2.05, 4.69) is 26.0 Å². The lowest BCUT2D eigenvalue weighted by molar-refractivity contribution is 0.847. The van der Waals surface area contributed by atoms with Crippen LogP contribution in [-0.4, -0.2) is 25.0 Å². The summed E-state index contributed by atoms with van der Waals surface area (Å²) in [5, 5.41) is 9.48. The third-order valence-corrected chi connectivity index (χ3v) is 3.30. The largest absolute Gasteiger partial charge is 0.359 e. The van der Waals surface area contributed by atoms with Crippen LogP contribution < -0.4 is 10.6 Å². The highest BCUT2D eigenvalue weighted by Crippen LogP contribution is 2.40. The highest BCUT2D eigenvalue weighted by Gasteiger charge is 2.25. The SMILES string of the molecule is CN=C(NC)NCc1nc(C2CC2)cs1. The Kier molecular flexibility index (Phi) is 3.20. The van der Waals surface area contributed by atoms with Gasteiger partial charge in [0, 0.05) is 25.4 Å². The van der Waals surface area contributed by atoms with Crippen LogP contribution in [0.15, 0.2) is 10.4 Å². The Morgan fingerprint density at radius 3 is 3.07 bits per heavy atom. The molecule has 0 amide bonds. The lowest BCUT2D eigenvalue weighted by Gasteiger charge is -2.05. The van der Waals surface area contributed by atoms with Gasteiger partial charge in [-0.1, -0.05) is 0 Å². The molecular weight excluding hydrogens is 208 g/mol. The molecule has 4 nitrogen and oxygen atoms in total. The standard InChI is InChI=1S/C10H16N4S/c1-11-10(12-2)13-5-9-14-8(6-15-9)7-3-4-7/h6-7H,3-5H2,1-2H3,(H2,11,12,13). The zero-order chi connectivity index (χ0) is 10.7. The topological polar surface area (TPSA) is 49.3 Å². The van der Waals surface area contributed by atoms with Gasteiger partial charge in [-0.15, -0.1) is 11.3 Å². The summed E-state index contributed by atoms with van der Waals surface area (Å²) in [5.74, 6) is 1.55. The van der Waals surface area contributed by atoms with Crippen molar-refractivity contribution in [2.45, 2.75) is 25.3 Å². The van der Waals surface area contributed by atoms with Gasteiger partial charge in [0.15, 0.2) is 5.96 Å². The number of nitrogens with zero attached hydrogens (tertiary/aromatic N) is 2. The number of hydrogen-bond donors (Lipinski definition) is 2. The van der Waals surface area contributed by atoms with Crippen LogP contribution in [0.4, 0.5) is 0 Å². The zero-order valence-corrected chi connectivity index (χ0v) is 9.90. The smallest absolute Gasteiger partial charge is 0.191 e. The van der Waals surface area contributed by atoms with E-state index < -0.39 is 0 Å². The number of aliphatic imine (C=N–C) groups is 1. The van der Waals surface area contributed by atoms with Gasteiger partial charge in [-0.2, -0.15) is 0 Å². The number of aromatic nitrogens is 1. The molecule has 1 aromatic rings. The summed E-state index contributed by atoms with van der Waals surface area (Å²) < 4.78 is 0. The first-order chi connectivity index (χ1) is 7.33. The van der Waals surface area contributed by atoms with E-state index in [0.717, 1.165) is 23.4 Å². The summed E-state index contributed by atoms with van der Waals surface area (Å²) in [6.07, 6.45) is 2.63. The number of guanidine groups is 1. The Morgan fingerprint density at radius 1 is 1.67 bits per heavy atom. The molecule has 1 fully saturated rings. The summed E-state index contributed by atoms with van der Waals surface area (Å²) >= 11 is 1.72. The van der Waals surface area contributed by atoms with Crippen molar-refractivity contribution in [3.05, 3.63) is 16.1 Å². The van der Waals surface area contributed by atoms with E-state index in [1.807, 2.05) is 7.05 Å². The molecule has 1 aliphatic rings. The lowest BCUT2D eigenvalue weighted by Crippen LogP contribution is -2.34. The molecule has 1 aromatic heterocycles. The Hall–Kier alpha value is -1.10. The molecule has 2 N–H and O–H groups in total. The Labute approximate surface area is 93.8 Å². The van der Waals surface area contributed by atoms with Crippen LogP contribution in [0.3, 0.4) is 0 Å². The monoisotopic (exact) mass is 224 g/mol. The molecule has 0 unspecified atom stereocenters. The quantitative estimate of drug-likeness (QED) is 0.601. The highest BCUT2D eigenvalue weighted by molar-refractivity contribution is 7.09. The summed E-state index contributed by atoms with van der Waals surface area (Å²) in [4.78, 5) is 8.63. The third-order valence-electron chi connectivity index (χ3n) is 2.43. The van der Waals surface area contributed by atoms with Gasteiger partial charge in [0.2, 0.25) is 0 Å². The first-order valence-corrected chi connectivity index (χ1v) is 6.04. The van der Waals surface area contributed by atoms with Gasteiger partial charge in [0.05, 0.1) is 12.2 Å². The van der Waals surface area contributed by atoms with Crippen molar-refractivity contribution >= 4 is 17.3 Å². The predicted octanol–water partition coefficient (Wildman–Crippen LogP) is 1.32.